The van der Waals surface area contributed by atoms with E-state index >= 15 is 0 Å². The number of ether oxygens (including phenoxy) is 1. The van der Waals surface area contributed by atoms with Crippen molar-refractivity contribution >= 4 is 38.1 Å². The molecule has 0 aliphatic carbocycles. The average Bonchev–Trinajstić information content (AvgIpc) is 3.08. The standard InChI is InChI=1S/C16H14N2O4S2/c1-22-16(19)14-6-5-12(23-14)9-18-24(20,21)15-4-2-3-11-7-8-17-10-13(11)15/h2-8,10,18H,9H2,1H3. The summed E-state index contributed by atoms with van der Waals surface area (Å²) in [7, 11) is -2.40. The van der Waals surface area contributed by atoms with Crippen molar-refractivity contribution in [1.82, 2.24) is 9.71 Å². The highest BCUT2D eigenvalue weighted by Gasteiger charge is 2.18. The number of nitrogens with one attached hydrogen (secondary N) is 1. The van der Waals surface area contributed by atoms with Gasteiger partial charge in [-0.3, -0.25) is 4.98 Å². The number of sulfonamides is 1. The van der Waals surface area contributed by atoms with Gasteiger partial charge in [0.1, 0.15) is 4.88 Å². The Morgan fingerprint density at radius 2 is 2.08 bits per heavy atom. The Balaban J connectivity index is 1.83. The van der Waals surface area contributed by atoms with Crippen LogP contribution in [0, 0.1) is 0 Å². The van der Waals surface area contributed by atoms with Gasteiger partial charge in [0, 0.05) is 29.2 Å². The van der Waals surface area contributed by atoms with Crippen molar-refractivity contribution in [2.75, 3.05) is 7.11 Å². The molecular weight excluding hydrogens is 348 g/mol. The fraction of sp³-hybridized carbons (Fsp3) is 0.125. The molecule has 0 fully saturated rings. The fourth-order valence-electron chi connectivity index (χ4n) is 2.25. The van der Waals surface area contributed by atoms with Crippen LogP contribution in [-0.4, -0.2) is 26.5 Å². The molecule has 0 bridgehead atoms. The van der Waals surface area contributed by atoms with Gasteiger partial charge in [-0.05, 0) is 29.7 Å². The van der Waals surface area contributed by atoms with Gasteiger partial charge in [-0.2, -0.15) is 0 Å². The van der Waals surface area contributed by atoms with Crippen LogP contribution in [0.2, 0.25) is 0 Å². The van der Waals surface area contributed by atoms with Crippen molar-refractivity contribution in [3.05, 3.63) is 58.5 Å². The van der Waals surface area contributed by atoms with Crippen LogP contribution in [0.5, 0.6) is 0 Å². The van der Waals surface area contributed by atoms with Crippen molar-refractivity contribution in [3.63, 3.8) is 0 Å². The second-order valence-electron chi connectivity index (χ2n) is 4.94. The Morgan fingerprint density at radius 3 is 2.88 bits per heavy atom. The number of carbonyl (C=O) groups excluding carboxylic acids is 1. The quantitative estimate of drug-likeness (QED) is 0.705. The molecule has 3 rings (SSSR count). The monoisotopic (exact) mass is 362 g/mol. The maximum absolute atomic E-state index is 12.6. The number of carbonyl (C=O) groups is 1. The Hall–Kier alpha value is -2.29. The third-order valence-electron chi connectivity index (χ3n) is 3.42. The highest BCUT2D eigenvalue weighted by molar-refractivity contribution is 7.89. The number of esters is 1. The van der Waals surface area contributed by atoms with Crippen molar-refractivity contribution < 1.29 is 17.9 Å². The van der Waals surface area contributed by atoms with E-state index in [9.17, 15) is 13.2 Å². The van der Waals surface area contributed by atoms with E-state index in [-0.39, 0.29) is 11.4 Å². The molecule has 8 heteroatoms. The minimum Gasteiger partial charge on any atom is -0.465 e. The van der Waals surface area contributed by atoms with Crippen LogP contribution in [0.1, 0.15) is 14.5 Å². The first-order chi connectivity index (χ1) is 11.5. The van der Waals surface area contributed by atoms with E-state index in [2.05, 4.69) is 14.4 Å². The van der Waals surface area contributed by atoms with Gasteiger partial charge in [-0.1, -0.05) is 12.1 Å². The first kappa shape index (κ1) is 16.6. The van der Waals surface area contributed by atoms with E-state index in [1.807, 2.05) is 6.07 Å². The molecule has 0 atom stereocenters. The van der Waals surface area contributed by atoms with Crippen molar-refractivity contribution in [2.24, 2.45) is 0 Å². The molecule has 6 nitrogen and oxygen atoms in total. The second kappa shape index (κ2) is 6.68. The zero-order valence-corrected chi connectivity index (χ0v) is 14.4. The lowest BCUT2D eigenvalue weighted by Gasteiger charge is -2.08. The van der Waals surface area contributed by atoms with Crippen LogP contribution in [0.15, 0.2) is 53.7 Å². The number of thiophene rings is 1. The Kier molecular flexibility index (Phi) is 4.61. The molecule has 1 aromatic carbocycles. The number of methoxy groups -OCH3 is 1. The summed E-state index contributed by atoms with van der Waals surface area (Å²) in [5, 5.41) is 1.37. The summed E-state index contributed by atoms with van der Waals surface area (Å²) in [5.74, 6) is -0.436. The fourth-order valence-corrected chi connectivity index (χ4v) is 4.42. The number of benzene rings is 1. The molecule has 0 amide bonds. The molecule has 0 unspecified atom stereocenters. The summed E-state index contributed by atoms with van der Waals surface area (Å²) < 4.78 is 32.4. The number of pyridine rings is 1. The van der Waals surface area contributed by atoms with Crippen LogP contribution < -0.4 is 4.72 Å². The SMILES string of the molecule is COC(=O)c1ccc(CNS(=O)(=O)c2cccc3ccncc23)s1. The zero-order valence-electron chi connectivity index (χ0n) is 12.7. The van der Waals surface area contributed by atoms with E-state index in [1.165, 1.54) is 24.6 Å². The number of hydrogen-bond acceptors (Lipinski definition) is 6. The van der Waals surface area contributed by atoms with Crippen molar-refractivity contribution in [1.29, 1.82) is 0 Å². The number of rotatable bonds is 5. The van der Waals surface area contributed by atoms with E-state index < -0.39 is 16.0 Å². The molecule has 0 spiro atoms. The van der Waals surface area contributed by atoms with Crippen molar-refractivity contribution in [3.8, 4) is 0 Å². The summed E-state index contributed by atoms with van der Waals surface area (Å²) in [6.45, 7) is 0.0979. The molecule has 0 aliphatic rings. The highest BCUT2D eigenvalue weighted by atomic mass is 32.2. The van der Waals surface area contributed by atoms with Gasteiger partial charge in [-0.25, -0.2) is 17.9 Å². The molecule has 0 aliphatic heterocycles. The van der Waals surface area contributed by atoms with Crippen LogP contribution in [-0.2, 0) is 21.3 Å². The minimum absolute atomic E-state index is 0.0979. The topological polar surface area (TPSA) is 85.4 Å². The normalized spacial score (nSPS) is 11.5. The average molecular weight is 362 g/mol. The van der Waals surface area contributed by atoms with Crippen LogP contribution >= 0.6 is 11.3 Å². The molecule has 1 N–H and O–H groups in total. The molecule has 0 saturated carbocycles. The number of hydrogen-bond donors (Lipinski definition) is 1. The maximum atomic E-state index is 12.6. The van der Waals surface area contributed by atoms with Gasteiger partial charge in [0.05, 0.1) is 12.0 Å². The van der Waals surface area contributed by atoms with Gasteiger partial charge in [-0.15, -0.1) is 11.3 Å². The highest BCUT2D eigenvalue weighted by Crippen LogP contribution is 2.23. The van der Waals surface area contributed by atoms with E-state index in [0.29, 0.717) is 10.3 Å². The Bertz CT molecular complexity index is 991. The van der Waals surface area contributed by atoms with Gasteiger partial charge in [0.25, 0.3) is 0 Å². The lowest BCUT2D eigenvalue weighted by atomic mass is 10.2. The number of fused-ring (bicyclic) bond motifs is 1. The molecule has 124 valence electrons. The van der Waals surface area contributed by atoms with E-state index in [4.69, 9.17) is 0 Å². The number of aromatic nitrogens is 1. The van der Waals surface area contributed by atoms with Gasteiger partial charge in [0.15, 0.2) is 0 Å². The molecule has 0 saturated heterocycles. The Labute approximate surface area is 143 Å². The Morgan fingerprint density at radius 1 is 1.25 bits per heavy atom. The zero-order chi connectivity index (χ0) is 17.2. The van der Waals surface area contributed by atoms with Crippen LogP contribution in [0.25, 0.3) is 10.8 Å². The first-order valence-corrected chi connectivity index (χ1v) is 9.30. The molecule has 0 radical (unpaired) electrons. The summed E-state index contributed by atoms with van der Waals surface area (Å²) in [6, 6.07) is 10.1. The molecule has 3 aromatic rings. The predicted molar refractivity (Wildman–Crippen MR) is 91.4 cm³/mol. The molecule has 2 aromatic heterocycles. The lowest BCUT2D eigenvalue weighted by Crippen LogP contribution is -2.23. The maximum Gasteiger partial charge on any atom is 0.348 e. The molecular formula is C16H14N2O4S2. The minimum atomic E-state index is -3.70. The third kappa shape index (κ3) is 3.30. The second-order valence-corrected chi connectivity index (χ2v) is 7.84. The number of nitrogens with zero attached hydrogens (tertiary/aromatic N) is 1. The van der Waals surface area contributed by atoms with Crippen molar-refractivity contribution in [2.45, 2.75) is 11.4 Å². The van der Waals surface area contributed by atoms with E-state index in [1.54, 1.807) is 36.5 Å². The first-order valence-electron chi connectivity index (χ1n) is 7.01. The van der Waals surface area contributed by atoms with Crippen LogP contribution in [0.3, 0.4) is 0 Å². The summed E-state index contributed by atoms with van der Waals surface area (Å²) >= 11 is 1.19. The van der Waals surface area contributed by atoms with E-state index in [0.717, 1.165) is 10.3 Å². The third-order valence-corrected chi connectivity index (χ3v) is 5.94. The lowest BCUT2D eigenvalue weighted by molar-refractivity contribution is 0.0606. The summed E-state index contributed by atoms with van der Waals surface area (Å²) in [5.41, 5.74) is 0. The summed E-state index contributed by atoms with van der Waals surface area (Å²) in [6.07, 6.45) is 3.15. The van der Waals surface area contributed by atoms with Gasteiger partial charge < -0.3 is 4.74 Å². The molecule has 2 heterocycles. The largest absolute Gasteiger partial charge is 0.465 e. The van der Waals surface area contributed by atoms with Crippen LogP contribution in [0.4, 0.5) is 0 Å². The summed E-state index contributed by atoms with van der Waals surface area (Å²) in [4.78, 5) is 16.8. The van der Waals surface area contributed by atoms with Gasteiger partial charge >= 0.3 is 5.97 Å². The van der Waals surface area contributed by atoms with Gasteiger partial charge in [0.2, 0.25) is 10.0 Å². The molecule has 24 heavy (non-hydrogen) atoms. The smallest absolute Gasteiger partial charge is 0.348 e. The predicted octanol–water partition coefficient (Wildman–Crippen LogP) is 2.56.